The fraction of sp³-hybridized carbons (Fsp3) is 0.424. The Labute approximate surface area is 287 Å². The maximum atomic E-state index is 13.5. The van der Waals surface area contributed by atoms with Gasteiger partial charge in [-0.3, -0.25) is 29.8 Å². The Balaban J connectivity index is 1.69. The number of aliphatic carboxylic acids is 2. The molecule has 17 heteroatoms. The van der Waals surface area contributed by atoms with E-state index in [2.05, 4.69) is 26.3 Å². The molecule has 0 aliphatic carbocycles. The molecule has 3 unspecified atom stereocenters. The van der Waals surface area contributed by atoms with Crippen LogP contribution in [0.1, 0.15) is 77.0 Å². The van der Waals surface area contributed by atoms with Crippen LogP contribution in [0.4, 0.5) is 17.1 Å². The highest BCUT2D eigenvalue weighted by Crippen LogP contribution is 2.36. The van der Waals surface area contributed by atoms with Gasteiger partial charge in [-0.2, -0.15) is 5.26 Å². The summed E-state index contributed by atoms with van der Waals surface area (Å²) in [5, 5.41) is 49.9. The van der Waals surface area contributed by atoms with Crippen LogP contribution in [0.25, 0.3) is 0 Å². The predicted octanol–water partition coefficient (Wildman–Crippen LogP) is 3.30. The Morgan fingerprint density at radius 1 is 1.02 bits per heavy atom. The number of hydrogen-bond acceptors (Lipinski definition) is 9. The average molecular weight is 693 g/mol. The summed E-state index contributed by atoms with van der Waals surface area (Å²) in [6, 6.07) is 6.58. The van der Waals surface area contributed by atoms with Gasteiger partial charge in [-0.05, 0) is 53.6 Å². The second kappa shape index (κ2) is 16.9. The molecule has 17 nitrogen and oxygen atoms in total. The van der Waals surface area contributed by atoms with Crippen LogP contribution in [0.3, 0.4) is 0 Å². The van der Waals surface area contributed by atoms with Gasteiger partial charge in [-0.15, -0.1) is 0 Å². The molecule has 0 bridgehead atoms. The molecule has 0 saturated carbocycles. The lowest BCUT2D eigenvalue weighted by atomic mass is 9.91. The summed E-state index contributed by atoms with van der Waals surface area (Å²) < 4.78 is 0. The molecule has 2 aromatic carbocycles. The van der Waals surface area contributed by atoms with Gasteiger partial charge in [0.15, 0.2) is 6.19 Å². The number of guanidine groups is 1. The topological polar surface area (TPSA) is 256 Å². The summed E-state index contributed by atoms with van der Waals surface area (Å²) in [5.41, 5.74) is 1.34. The normalized spacial score (nSPS) is 15.1. The first-order chi connectivity index (χ1) is 23.5. The first kappa shape index (κ1) is 38.4. The molecule has 0 fully saturated rings. The van der Waals surface area contributed by atoms with Gasteiger partial charge in [0.2, 0.25) is 23.7 Å². The van der Waals surface area contributed by atoms with E-state index < -0.39 is 52.7 Å². The van der Waals surface area contributed by atoms with Gasteiger partial charge in [-0.1, -0.05) is 39.7 Å². The van der Waals surface area contributed by atoms with Crippen molar-refractivity contribution in [1.29, 1.82) is 5.26 Å². The van der Waals surface area contributed by atoms with E-state index >= 15 is 0 Å². The largest absolute Gasteiger partial charge is 0.480 e. The van der Waals surface area contributed by atoms with E-state index in [9.17, 15) is 49.6 Å². The van der Waals surface area contributed by atoms with Crippen molar-refractivity contribution >= 4 is 52.7 Å². The van der Waals surface area contributed by atoms with Gasteiger partial charge >= 0.3 is 11.9 Å². The van der Waals surface area contributed by atoms with E-state index in [0.29, 0.717) is 22.5 Å². The van der Waals surface area contributed by atoms with Crippen LogP contribution in [0, 0.1) is 27.0 Å². The fourth-order valence-corrected chi connectivity index (χ4v) is 5.35. The number of rotatable bonds is 14. The van der Waals surface area contributed by atoms with Crippen molar-refractivity contribution in [2.24, 2.45) is 10.4 Å². The lowest BCUT2D eigenvalue weighted by Gasteiger charge is -2.25. The van der Waals surface area contributed by atoms with E-state index in [-0.39, 0.29) is 55.7 Å². The van der Waals surface area contributed by atoms with Crippen molar-refractivity contribution in [1.82, 2.24) is 20.9 Å². The number of non-ortho nitro benzene ring substituents is 1. The van der Waals surface area contributed by atoms with Gasteiger partial charge in [0.05, 0.1) is 10.6 Å². The number of benzene rings is 2. The van der Waals surface area contributed by atoms with Crippen LogP contribution in [0.15, 0.2) is 47.5 Å². The molecule has 2 aromatic rings. The number of nitro benzene ring substituents is 1. The number of nitrogens with one attached hydrogen (secondary N) is 4. The summed E-state index contributed by atoms with van der Waals surface area (Å²) >= 11 is 0. The molecule has 3 rings (SSSR count). The minimum atomic E-state index is -1.32. The van der Waals surface area contributed by atoms with Crippen molar-refractivity contribution in [2.45, 2.75) is 84.5 Å². The molecule has 266 valence electrons. The third kappa shape index (κ3) is 11.0. The molecule has 0 spiro atoms. The van der Waals surface area contributed by atoms with E-state index in [1.165, 1.54) is 36.1 Å². The third-order valence-corrected chi connectivity index (χ3v) is 7.66. The Kier molecular flexibility index (Phi) is 13.0. The van der Waals surface area contributed by atoms with Crippen molar-refractivity contribution in [3.8, 4) is 6.19 Å². The van der Waals surface area contributed by atoms with E-state index in [4.69, 9.17) is 0 Å². The summed E-state index contributed by atoms with van der Waals surface area (Å²) in [5.74, 6) is -4.04. The zero-order valence-corrected chi connectivity index (χ0v) is 28.1. The van der Waals surface area contributed by atoms with Gasteiger partial charge < -0.3 is 31.1 Å². The number of unbranched alkanes of at least 4 members (excludes halogenated alkanes) is 1. The molecule has 0 saturated heterocycles. The van der Waals surface area contributed by atoms with Crippen LogP contribution in [0.5, 0.6) is 0 Å². The zero-order chi connectivity index (χ0) is 37.2. The number of carboxylic acids is 2. The number of carboxylic acid groups (broad SMARTS) is 2. The van der Waals surface area contributed by atoms with Crippen molar-refractivity contribution in [3.63, 3.8) is 0 Å². The Morgan fingerprint density at radius 2 is 1.62 bits per heavy atom. The standard InChI is InChI=1S/C33H40N8O9/c1-19(42)40-17-20-15-22(37-32(35-18-34)36-21-9-12-23(13-10-21)41(49)50)11-14-24(20)28(40)29(44)39-26(31(47)48)8-6-5-7-25(30(45)46)38-27(43)16-33(2,3)4/h9-15,25-26,28H,5-8,16-17H2,1-4H3,(H,38,43)(H,39,44)(H,45,46)(H,47,48)(H2,35,36,37). The van der Waals surface area contributed by atoms with Gasteiger partial charge in [0, 0.05) is 37.7 Å². The van der Waals surface area contributed by atoms with Gasteiger partial charge in [0.1, 0.15) is 18.1 Å². The van der Waals surface area contributed by atoms with Crippen molar-refractivity contribution in [2.75, 3.05) is 5.32 Å². The van der Waals surface area contributed by atoms with Crippen LogP contribution < -0.4 is 21.3 Å². The molecule has 1 aliphatic heterocycles. The van der Waals surface area contributed by atoms with E-state index in [1.807, 2.05) is 20.8 Å². The second-order valence-corrected chi connectivity index (χ2v) is 12.9. The van der Waals surface area contributed by atoms with E-state index in [1.54, 1.807) is 24.4 Å². The molecule has 1 aliphatic rings. The number of anilines is 1. The Hall–Kier alpha value is -6.05. The molecular weight excluding hydrogens is 652 g/mol. The number of aliphatic imine (C=N–C) groups is 1. The van der Waals surface area contributed by atoms with Crippen molar-refractivity contribution in [3.05, 3.63) is 63.7 Å². The van der Waals surface area contributed by atoms with Crippen LogP contribution in [-0.2, 0) is 30.5 Å². The minimum Gasteiger partial charge on any atom is -0.480 e. The molecular formula is C33H40N8O9. The highest BCUT2D eigenvalue weighted by Gasteiger charge is 2.38. The van der Waals surface area contributed by atoms with E-state index in [0.717, 1.165) is 0 Å². The highest BCUT2D eigenvalue weighted by atomic mass is 16.6. The minimum absolute atomic E-state index is 0.00304. The molecule has 3 amide bonds. The summed E-state index contributed by atoms with van der Waals surface area (Å²) in [6.07, 6.45) is 2.45. The molecule has 1 heterocycles. The summed E-state index contributed by atoms with van der Waals surface area (Å²) in [6.45, 7) is 6.88. The molecule has 6 N–H and O–H groups in total. The van der Waals surface area contributed by atoms with Crippen LogP contribution in [-0.4, -0.2) is 67.7 Å². The lowest BCUT2D eigenvalue weighted by molar-refractivity contribution is -0.384. The number of carbonyl (C=O) groups is 5. The predicted molar refractivity (Wildman–Crippen MR) is 180 cm³/mol. The summed E-state index contributed by atoms with van der Waals surface area (Å²) in [7, 11) is 0. The number of fused-ring (bicyclic) bond motifs is 1. The number of amides is 3. The molecule has 0 radical (unpaired) electrons. The number of nitriles is 1. The fourth-order valence-electron chi connectivity index (χ4n) is 5.35. The van der Waals surface area contributed by atoms with Crippen LogP contribution in [0.2, 0.25) is 0 Å². The molecule has 50 heavy (non-hydrogen) atoms. The second-order valence-electron chi connectivity index (χ2n) is 12.9. The lowest BCUT2D eigenvalue weighted by Crippen LogP contribution is -2.46. The first-order valence-electron chi connectivity index (χ1n) is 15.7. The highest BCUT2D eigenvalue weighted by molar-refractivity contribution is 5.97. The summed E-state index contributed by atoms with van der Waals surface area (Å²) in [4.78, 5) is 78.0. The average Bonchev–Trinajstić information content (AvgIpc) is 3.40. The maximum absolute atomic E-state index is 13.5. The SMILES string of the molecule is CC(=O)N1Cc2cc(NC(=Nc3ccc([N+](=O)[O-])cc3)NC#N)ccc2C1C(=O)NC(CCCCC(NC(=O)CC(C)(C)C)C(=O)O)C(=O)O. The maximum Gasteiger partial charge on any atom is 0.326 e. The Morgan fingerprint density at radius 3 is 2.14 bits per heavy atom. The number of carbonyl (C=O) groups excluding carboxylic acids is 3. The third-order valence-electron chi connectivity index (χ3n) is 7.66. The number of nitro groups is 1. The van der Waals surface area contributed by atoms with Gasteiger partial charge in [0.25, 0.3) is 5.69 Å². The monoisotopic (exact) mass is 692 g/mol. The number of hydrogen-bond donors (Lipinski definition) is 6. The Bertz CT molecular complexity index is 1700. The smallest absolute Gasteiger partial charge is 0.326 e. The van der Waals surface area contributed by atoms with Crippen molar-refractivity contribution < 1.29 is 39.1 Å². The molecule has 3 atom stereocenters. The molecule has 0 aromatic heterocycles. The van der Waals surface area contributed by atoms with Gasteiger partial charge in [-0.25, -0.2) is 14.6 Å². The quantitative estimate of drug-likeness (QED) is 0.0317. The number of nitrogens with zero attached hydrogens (tertiary/aromatic N) is 4. The first-order valence-corrected chi connectivity index (χ1v) is 15.7. The zero-order valence-electron chi connectivity index (χ0n) is 28.1. The van der Waals surface area contributed by atoms with Crippen LogP contribution >= 0.6 is 0 Å².